The molecule has 0 aliphatic heterocycles. The lowest BCUT2D eigenvalue weighted by atomic mass is 10.1. The number of hydrogen-bond donors (Lipinski definition) is 5. The topological polar surface area (TPSA) is 168 Å². The van der Waals surface area contributed by atoms with E-state index in [1.165, 1.54) is 11.8 Å². The number of nitrogens with two attached hydrogens (primary N) is 1. The van der Waals surface area contributed by atoms with Crippen LogP contribution in [0.2, 0.25) is 0 Å². The van der Waals surface area contributed by atoms with Crippen LogP contribution in [0, 0.1) is 12.8 Å². The minimum Gasteiger partial charge on any atom is -0.370 e. The summed E-state index contributed by atoms with van der Waals surface area (Å²) in [6.45, 7) is 1.89. The van der Waals surface area contributed by atoms with Crippen molar-refractivity contribution in [3.8, 4) is 0 Å². The molecule has 0 unspecified atom stereocenters. The highest BCUT2D eigenvalue weighted by Crippen LogP contribution is 2.31. The van der Waals surface area contributed by atoms with E-state index in [0.717, 1.165) is 35.5 Å². The summed E-state index contributed by atoms with van der Waals surface area (Å²) in [6.07, 6.45) is 4.58. The highest BCUT2D eigenvalue weighted by atomic mass is 32.2. The van der Waals surface area contributed by atoms with E-state index < -0.39 is 0 Å². The van der Waals surface area contributed by atoms with Crippen molar-refractivity contribution in [3.05, 3.63) is 42.1 Å². The maximum atomic E-state index is 12.5. The number of nitrogens with one attached hydrogen (secondary N) is 4. The third-order valence-corrected chi connectivity index (χ3v) is 6.41. The van der Waals surface area contributed by atoms with E-state index in [4.69, 9.17) is 5.73 Å². The van der Waals surface area contributed by atoms with Gasteiger partial charge < -0.3 is 21.7 Å². The summed E-state index contributed by atoms with van der Waals surface area (Å²) in [5, 5.41) is 16.4. The molecule has 11 nitrogen and oxygen atoms in total. The smallest absolute Gasteiger partial charge is 0.227 e. The van der Waals surface area contributed by atoms with Crippen LogP contribution >= 0.6 is 11.8 Å². The number of unbranched alkanes of at least 4 members (excludes halogenated alkanes) is 2. The molecule has 0 radical (unpaired) electrons. The monoisotopic (exact) mass is 522 g/mol. The van der Waals surface area contributed by atoms with Crippen molar-refractivity contribution in [2.45, 2.75) is 61.9 Å². The SMILES string of the molecule is Cc1cc(Nc2cc(NC(=O)CCCCCC(N)=O)nc(Sc3ccc(NC(=O)C4CC4)cc3)n2)n[nH]1. The first-order valence-electron chi connectivity index (χ1n) is 12.2. The summed E-state index contributed by atoms with van der Waals surface area (Å²) in [5.41, 5.74) is 6.79. The molecule has 1 fully saturated rings. The second-order valence-electron chi connectivity index (χ2n) is 8.95. The molecule has 3 amide bonds. The van der Waals surface area contributed by atoms with Gasteiger partial charge in [-0.25, -0.2) is 9.97 Å². The lowest BCUT2D eigenvalue weighted by Crippen LogP contribution is -2.14. The van der Waals surface area contributed by atoms with Gasteiger partial charge in [-0.05, 0) is 68.6 Å². The average molecular weight is 523 g/mol. The van der Waals surface area contributed by atoms with Crippen LogP contribution in [0.5, 0.6) is 0 Å². The van der Waals surface area contributed by atoms with Gasteiger partial charge in [-0.2, -0.15) is 5.10 Å². The van der Waals surface area contributed by atoms with Gasteiger partial charge in [-0.3, -0.25) is 19.5 Å². The number of anilines is 4. The minimum atomic E-state index is -0.333. The lowest BCUT2D eigenvalue weighted by Gasteiger charge is -2.10. The molecule has 12 heteroatoms. The first-order chi connectivity index (χ1) is 17.8. The van der Waals surface area contributed by atoms with Crippen molar-refractivity contribution < 1.29 is 14.4 Å². The standard InChI is InChI=1S/C25H30N8O3S/c1-15-13-22(33-32-15)28-20-14-21(29-23(35)6-4-2-3-5-19(26)34)31-25(30-20)37-18-11-9-17(10-12-18)27-24(36)16-7-8-16/h9-14,16H,2-8H2,1H3,(H2,26,34)(H,27,36)(H3,28,29,30,31,32,33,35). The van der Waals surface area contributed by atoms with E-state index >= 15 is 0 Å². The van der Waals surface area contributed by atoms with E-state index in [0.29, 0.717) is 48.3 Å². The van der Waals surface area contributed by atoms with Gasteiger partial charge in [0, 0.05) is 47.2 Å². The Kier molecular flexibility index (Phi) is 8.72. The first-order valence-corrected chi connectivity index (χ1v) is 13.0. The summed E-state index contributed by atoms with van der Waals surface area (Å²) in [4.78, 5) is 45.3. The van der Waals surface area contributed by atoms with Gasteiger partial charge in [-0.1, -0.05) is 6.42 Å². The Labute approximate surface area is 218 Å². The maximum Gasteiger partial charge on any atom is 0.227 e. The molecule has 1 saturated carbocycles. The Hall–Kier alpha value is -3.93. The van der Waals surface area contributed by atoms with Gasteiger partial charge in [-0.15, -0.1) is 0 Å². The second kappa shape index (κ2) is 12.3. The van der Waals surface area contributed by atoms with Crippen LogP contribution in [0.3, 0.4) is 0 Å². The summed E-state index contributed by atoms with van der Waals surface area (Å²) >= 11 is 1.33. The Morgan fingerprint density at radius 1 is 0.973 bits per heavy atom. The highest BCUT2D eigenvalue weighted by Gasteiger charge is 2.29. The molecule has 0 bridgehead atoms. The molecular formula is C25H30N8O3S. The summed E-state index contributed by atoms with van der Waals surface area (Å²) in [5.74, 6) is 1.13. The van der Waals surface area contributed by atoms with Gasteiger partial charge >= 0.3 is 0 Å². The summed E-state index contributed by atoms with van der Waals surface area (Å²) < 4.78 is 0. The first kappa shape index (κ1) is 26.1. The van der Waals surface area contributed by atoms with E-state index in [2.05, 4.69) is 36.1 Å². The predicted molar refractivity (Wildman–Crippen MR) is 141 cm³/mol. The number of primary amides is 1. The molecule has 2 aromatic heterocycles. The zero-order valence-electron chi connectivity index (χ0n) is 20.5. The number of H-pyrrole nitrogens is 1. The number of hydrogen-bond acceptors (Lipinski definition) is 8. The number of aryl methyl sites for hydroxylation is 1. The van der Waals surface area contributed by atoms with Crippen molar-refractivity contribution >= 4 is 52.6 Å². The number of carbonyl (C=O) groups excluding carboxylic acids is 3. The molecule has 6 N–H and O–H groups in total. The lowest BCUT2D eigenvalue weighted by molar-refractivity contribution is -0.118. The number of benzene rings is 1. The Bertz CT molecular complexity index is 1260. The maximum absolute atomic E-state index is 12.5. The van der Waals surface area contributed by atoms with Crippen molar-refractivity contribution in [3.63, 3.8) is 0 Å². The zero-order valence-corrected chi connectivity index (χ0v) is 21.4. The van der Waals surface area contributed by atoms with Gasteiger partial charge in [0.25, 0.3) is 0 Å². The molecule has 1 aromatic carbocycles. The Balaban J connectivity index is 1.42. The molecular weight excluding hydrogens is 492 g/mol. The fourth-order valence-electron chi connectivity index (χ4n) is 3.48. The quantitative estimate of drug-likeness (QED) is 0.165. The molecule has 1 aliphatic rings. The van der Waals surface area contributed by atoms with Crippen LogP contribution in [0.25, 0.3) is 0 Å². The molecule has 0 atom stereocenters. The number of aromatic amines is 1. The number of amides is 3. The number of rotatable bonds is 13. The Morgan fingerprint density at radius 3 is 2.38 bits per heavy atom. The molecule has 194 valence electrons. The van der Waals surface area contributed by atoms with Crippen LogP contribution in [0.1, 0.15) is 50.6 Å². The van der Waals surface area contributed by atoms with Crippen molar-refractivity contribution in [1.29, 1.82) is 0 Å². The highest BCUT2D eigenvalue weighted by molar-refractivity contribution is 7.99. The second-order valence-corrected chi connectivity index (χ2v) is 9.99. The van der Waals surface area contributed by atoms with Gasteiger partial charge in [0.15, 0.2) is 11.0 Å². The minimum absolute atomic E-state index is 0.0596. The summed E-state index contributed by atoms with van der Waals surface area (Å²) in [6, 6.07) is 11.0. The zero-order chi connectivity index (χ0) is 26.2. The molecule has 3 aromatic rings. The number of nitrogens with zero attached hydrogens (tertiary/aromatic N) is 3. The van der Waals surface area contributed by atoms with Crippen molar-refractivity contribution in [1.82, 2.24) is 20.2 Å². The van der Waals surface area contributed by atoms with Gasteiger partial charge in [0.1, 0.15) is 11.6 Å². The fourth-order valence-corrected chi connectivity index (χ4v) is 4.25. The number of carbonyl (C=O) groups is 3. The van der Waals surface area contributed by atoms with Crippen LogP contribution in [-0.2, 0) is 14.4 Å². The Morgan fingerprint density at radius 2 is 1.70 bits per heavy atom. The molecule has 2 heterocycles. The van der Waals surface area contributed by atoms with Crippen LogP contribution in [0.15, 0.2) is 46.5 Å². The summed E-state index contributed by atoms with van der Waals surface area (Å²) in [7, 11) is 0. The predicted octanol–water partition coefficient (Wildman–Crippen LogP) is 4.13. The molecule has 0 saturated heterocycles. The van der Waals surface area contributed by atoms with Crippen LogP contribution in [0.4, 0.5) is 23.1 Å². The largest absolute Gasteiger partial charge is 0.370 e. The van der Waals surface area contributed by atoms with E-state index in [-0.39, 0.29) is 23.6 Å². The van der Waals surface area contributed by atoms with Crippen LogP contribution < -0.4 is 21.7 Å². The third-order valence-electron chi connectivity index (χ3n) is 5.54. The van der Waals surface area contributed by atoms with E-state index in [1.807, 2.05) is 37.3 Å². The average Bonchev–Trinajstić information content (AvgIpc) is 3.62. The normalized spacial score (nSPS) is 12.7. The third kappa shape index (κ3) is 8.60. The van der Waals surface area contributed by atoms with Crippen LogP contribution in [-0.4, -0.2) is 37.9 Å². The molecule has 4 rings (SSSR count). The molecule has 0 spiro atoms. The molecule has 37 heavy (non-hydrogen) atoms. The number of aromatic nitrogens is 4. The van der Waals surface area contributed by atoms with Gasteiger partial charge in [0.05, 0.1) is 0 Å². The molecule has 1 aliphatic carbocycles. The van der Waals surface area contributed by atoms with Crippen molar-refractivity contribution in [2.24, 2.45) is 11.7 Å². The van der Waals surface area contributed by atoms with E-state index in [9.17, 15) is 14.4 Å². The fraction of sp³-hybridized carbons (Fsp3) is 0.360. The van der Waals surface area contributed by atoms with Gasteiger partial charge in [0.2, 0.25) is 17.7 Å². The van der Waals surface area contributed by atoms with E-state index in [1.54, 1.807) is 6.07 Å². The van der Waals surface area contributed by atoms with Crippen molar-refractivity contribution in [2.75, 3.05) is 16.0 Å².